The van der Waals surface area contributed by atoms with E-state index in [1.165, 1.54) is 0 Å². The van der Waals surface area contributed by atoms with Crippen molar-refractivity contribution >= 4 is 38.7 Å². The van der Waals surface area contributed by atoms with Crippen LogP contribution in [-0.2, 0) is 10.0 Å². The summed E-state index contributed by atoms with van der Waals surface area (Å²) >= 11 is 5.43. The second-order valence-electron chi connectivity index (χ2n) is 7.05. The number of unbranched alkanes of at least 4 members (excludes halogenated alkanes) is 1. The second-order valence-corrected chi connectivity index (χ2v) is 9.40. The molecule has 1 aliphatic rings. The molecule has 0 radical (unpaired) electrons. The van der Waals surface area contributed by atoms with Gasteiger partial charge in [0.1, 0.15) is 0 Å². The molecule has 0 saturated carbocycles. The summed E-state index contributed by atoms with van der Waals surface area (Å²) in [6, 6.07) is 5.34. The average molecular weight is 427 g/mol. The van der Waals surface area contributed by atoms with Crippen molar-refractivity contribution in [3.05, 3.63) is 18.2 Å². The van der Waals surface area contributed by atoms with Crippen LogP contribution in [0.3, 0.4) is 0 Å². The third-order valence-corrected chi connectivity index (χ3v) is 7.23. The Hall–Kier alpha value is -1.38. The lowest BCUT2D eigenvalue weighted by atomic mass is 10.2. The third kappa shape index (κ3) is 5.81. The molecule has 1 aliphatic heterocycles. The Labute approximate surface area is 175 Å². The SMILES string of the molecule is CCCCNC(=S)Nc1cc(S(=O)(=O)N2CCCCC2)ccc1N(CC)CC. The highest BCUT2D eigenvalue weighted by molar-refractivity contribution is 7.89. The number of anilines is 2. The van der Waals surface area contributed by atoms with Crippen molar-refractivity contribution in [1.29, 1.82) is 0 Å². The standard InChI is InChI=1S/C20H34N4O2S2/c1-4-7-13-21-20(27)22-18-16-17(11-12-19(18)23(5-2)6-3)28(25,26)24-14-9-8-10-15-24/h11-12,16H,4-10,13-15H2,1-3H3,(H2,21,22,27). The summed E-state index contributed by atoms with van der Waals surface area (Å²) in [6.45, 7) is 9.96. The number of piperidine rings is 1. The van der Waals surface area contributed by atoms with E-state index >= 15 is 0 Å². The fourth-order valence-electron chi connectivity index (χ4n) is 3.42. The Kier molecular flexibility index (Phi) is 8.98. The summed E-state index contributed by atoms with van der Waals surface area (Å²) in [5.41, 5.74) is 1.69. The Morgan fingerprint density at radius 1 is 1.14 bits per heavy atom. The first kappa shape index (κ1) is 22.9. The molecule has 0 amide bonds. The molecule has 158 valence electrons. The molecule has 1 aromatic rings. The van der Waals surface area contributed by atoms with Crippen LogP contribution < -0.4 is 15.5 Å². The fraction of sp³-hybridized carbons (Fsp3) is 0.650. The van der Waals surface area contributed by atoms with Crippen LogP contribution in [0.25, 0.3) is 0 Å². The topological polar surface area (TPSA) is 64.7 Å². The van der Waals surface area contributed by atoms with Crippen LogP contribution in [0, 0.1) is 0 Å². The average Bonchev–Trinajstić information content (AvgIpc) is 2.70. The zero-order chi connectivity index (χ0) is 20.6. The number of thiocarbonyl (C=S) groups is 1. The van der Waals surface area contributed by atoms with Gasteiger partial charge >= 0.3 is 0 Å². The molecular formula is C20H34N4O2S2. The summed E-state index contributed by atoms with van der Waals surface area (Å²) < 4.78 is 27.8. The number of nitrogens with zero attached hydrogens (tertiary/aromatic N) is 2. The van der Waals surface area contributed by atoms with Crippen molar-refractivity contribution < 1.29 is 8.42 Å². The normalized spacial score (nSPS) is 15.2. The Morgan fingerprint density at radius 3 is 2.43 bits per heavy atom. The molecule has 1 saturated heterocycles. The van der Waals surface area contributed by atoms with E-state index in [1.807, 2.05) is 6.07 Å². The summed E-state index contributed by atoms with van der Waals surface area (Å²) in [4.78, 5) is 2.51. The molecular weight excluding hydrogens is 392 g/mol. The van der Waals surface area contributed by atoms with Crippen molar-refractivity contribution in [1.82, 2.24) is 9.62 Å². The molecule has 1 heterocycles. The maximum atomic E-state index is 13.1. The predicted octanol–water partition coefficient (Wildman–Crippen LogP) is 3.79. The monoisotopic (exact) mass is 426 g/mol. The van der Waals surface area contributed by atoms with Crippen molar-refractivity contribution in [2.45, 2.75) is 57.8 Å². The van der Waals surface area contributed by atoms with E-state index in [-0.39, 0.29) is 0 Å². The van der Waals surface area contributed by atoms with Gasteiger partial charge in [-0.15, -0.1) is 0 Å². The van der Waals surface area contributed by atoms with Crippen molar-refractivity contribution in [3.8, 4) is 0 Å². The van der Waals surface area contributed by atoms with E-state index in [9.17, 15) is 8.42 Å². The van der Waals surface area contributed by atoms with Gasteiger partial charge in [-0.25, -0.2) is 8.42 Å². The second kappa shape index (κ2) is 11.0. The highest BCUT2D eigenvalue weighted by Gasteiger charge is 2.27. The van der Waals surface area contributed by atoms with Crippen LogP contribution in [-0.4, -0.2) is 50.6 Å². The van der Waals surface area contributed by atoms with Crippen LogP contribution in [0.4, 0.5) is 11.4 Å². The smallest absolute Gasteiger partial charge is 0.243 e. The van der Waals surface area contributed by atoms with Gasteiger partial charge in [0.25, 0.3) is 0 Å². The lowest BCUT2D eigenvalue weighted by molar-refractivity contribution is 0.346. The molecule has 0 spiro atoms. The molecule has 0 atom stereocenters. The molecule has 2 N–H and O–H groups in total. The molecule has 0 aliphatic carbocycles. The third-order valence-electron chi connectivity index (χ3n) is 5.09. The number of hydrogen-bond acceptors (Lipinski definition) is 4. The van der Waals surface area contributed by atoms with Crippen LogP contribution in [0.15, 0.2) is 23.1 Å². The molecule has 0 unspecified atom stereocenters. The van der Waals surface area contributed by atoms with Gasteiger partial charge < -0.3 is 15.5 Å². The molecule has 0 bridgehead atoms. The van der Waals surface area contributed by atoms with E-state index in [2.05, 4.69) is 36.3 Å². The summed E-state index contributed by atoms with van der Waals surface area (Å²) in [5.74, 6) is 0. The Bertz CT molecular complexity index is 743. The minimum absolute atomic E-state index is 0.323. The first-order valence-corrected chi connectivity index (χ1v) is 12.2. The molecule has 1 aromatic carbocycles. The van der Waals surface area contributed by atoms with Gasteiger partial charge in [-0.2, -0.15) is 4.31 Å². The largest absolute Gasteiger partial charge is 0.370 e. The van der Waals surface area contributed by atoms with Crippen molar-refractivity contribution in [2.24, 2.45) is 0 Å². The molecule has 6 nitrogen and oxygen atoms in total. The van der Waals surface area contributed by atoms with Crippen LogP contribution in [0.5, 0.6) is 0 Å². The number of hydrogen-bond donors (Lipinski definition) is 2. The molecule has 8 heteroatoms. The molecule has 1 fully saturated rings. The van der Waals surface area contributed by atoms with Gasteiger partial charge in [-0.05, 0) is 63.5 Å². The molecule has 0 aromatic heterocycles. The maximum absolute atomic E-state index is 13.1. The quantitative estimate of drug-likeness (QED) is 0.463. The summed E-state index contributed by atoms with van der Waals surface area (Å²) in [5, 5.41) is 6.95. The van der Waals surface area contributed by atoms with Gasteiger partial charge in [0.2, 0.25) is 10.0 Å². The zero-order valence-electron chi connectivity index (χ0n) is 17.3. The van der Waals surface area contributed by atoms with Crippen molar-refractivity contribution in [3.63, 3.8) is 0 Å². The fourth-order valence-corrected chi connectivity index (χ4v) is 5.17. The predicted molar refractivity (Wildman–Crippen MR) is 122 cm³/mol. The Morgan fingerprint density at radius 2 is 1.82 bits per heavy atom. The molecule has 28 heavy (non-hydrogen) atoms. The Balaban J connectivity index is 2.32. The van der Waals surface area contributed by atoms with E-state index in [0.717, 1.165) is 63.1 Å². The highest BCUT2D eigenvalue weighted by atomic mass is 32.2. The maximum Gasteiger partial charge on any atom is 0.243 e. The first-order valence-electron chi connectivity index (χ1n) is 10.4. The minimum atomic E-state index is -3.49. The lowest BCUT2D eigenvalue weighted by Gasteiger charge is -2.28. The van der Waals surface area contributed by atoms with Crippen molar-refractivity contribution in [2.75, 3.05) is 42.9 Å². The van der Waals surface area contributed by atoms with Crippen LogP contribution in [0.1, 0.15) is 52.9 Å². The van der Waals surface area contributed by atoms with E-state index < -0.39 is 10.0 Å². The highest BCUT2D eigenvalue weighted by Crippen LogP contribution is 2.31. The summed E-state index contributed by atoms with van der Waals surface area (Å²) in [6.07, 6.45) is 5.07. The van der Waals surface area contributed by atoms with Gasteiger partial charge in [0, 0.05) is 32.7 Å². The van der Waals surface area contributed by atoms with Gasteiger partial charge in [-0.1, -0.05) is 19.8 Å². The minimum Gasteiger partial charge on any atom is -0.370 e. The number of rotatable bonds is 9. The van der Waals surface area contributed by atoms with E-state index in [1.54, 1.807) is 16.4 Å². The number of benzene rings is 1. The molecule has 2 rings (SSSR count). The number of nitrogens with one attached hydrogen (secondary N) is 2. The van der Waals surface area contributed by atoms with E-state index in [0.29, 0.717) is 23.1 Å². The van der Waals surface area contributed by atoms with Gasteiger partial charge in [0.15, 0.2) is 5.11 Å². The first-order chi connectivity index (χ1) is 13.4. The van der Waals surface area contributed by atoms with Crippen LogP contribution >= 0.6 is 12.2 Å². The zero-order valence-corrected chi connectivity index (χ0v) is 19.0. The van der Waals surface area contributed by atoms with Crippen LogP contribution in [0.2, 0.25) is 0 Å². The van der Waals surface area contributed by atoms with Gasteiger partial charge in [-0.3, -0.25) is 0 Å². The van der Waals surface area contributed by atoms with Gasteiger partial charge in [0.05, 0.1) is 16.3 Å². The lowest BCUT2D eigenvalue weighted by Crippen LogP contribution is -2.36. The summed E-state index contributed by atoms with van der Waals surface area (Å²) in [7, 11) is -3.49. The number of sulfonamides is 1. The van der Waals surface area contributed by atoms with E-state index in [4.69, 9.17) is 12.2 Å².